The van der Waals surface area contributed by atoms with E-state index in [2.05, 4.69) is 27.8 Å². The molecule has 3 rings (SSSR count). The molecule has 1 aliphatic rings. The fourth-order valence-electron chi connectivity index (χ4n) is 2.73. The second-order valence-electron chi connectivity index (χ2n) is 5.38. The highest BCUT2D eigenvalue weighted by atomic mass is 32.1. The van der Waals surface area contributed by atoms with E-state index >= 15 is 0 Å². The van der Waals surface area contributed by atoms with E-state index in [1.165, 1.54) is 0 Å². The smallest absolute Gasteiger partial charge is 0.320 e. The SMILES string of the molecule is O=C(O)C1CCCC(Cc2nc(-c3ccccc3)cs2)N1. The van der Waals surface area contributed by atoms with E-state index in [0.29, 0.717) is 0 Å². The van der Waals surface area contributed by atoms with Crippen LogP contribution in [0.3, 0.4) is 0 Å². The van der Waals surface area contributed by atoms with E-state index in [9.17, 15) is 4.79 Å². The molecule has 2 aromatic rings. The van der Waals surface area contributed by atoms with Crippen LogP contribution in [0.4, 0.5) is 0 Å². The summed E-state index contributed by atoms with van der Waals surface area (Å²) < 4.78 is 0. The second kappa shape index (κ2) is 6.37. The topological polar surface area (TPSA) is 62.2 Å². The summed E-state index contributed by atoms with van der Waals surface area (Å²) in [6, 6.07) is 9.93. The molecule has 2 unspecified atom stereocenters. The van der Waals surface area contributed by atoms with E-state index in [0.717, 1.165) is 41.9 Å². The van der Waals surface area contributed by atoms with Gasteiger partial charge in [-0.3, -0.25) is 4.79 Å². The van der Waals surface area contributed by atoms with Crippen molar-refractivity contribution in [2.24, 2.45) is 0 Å². The Kier molecular flexibility index (Phi) is 4.31. The Hall–Kier alpha value is -1.72. The summed E-state index contributed by atoms with van der Waals surface area (Å²) in [4.78, 5) is 15.7. The number of aliphatic carboxylic acids is 1. The van der Waals surface area contributed by atoms with Gasteiger partial charge in [0.1, 0.15) is 6.04 Å². The number of hydrogen-bond donors (Lipinski definition) is 2. The van der Waals surface area contributed by atoms with Crippen LogP contribution in [0.5, 0.6) is 0 Å². The summed E-state index contributed by atoms with van der Waals surface area (Å²) >= 11 is 1.65. The van der Waals surface area contributed by atoms with Gasteiger partial charge in [0, 0.05) is 23.4 Å². The Bertz CT molecular complexity index is 612. The molecule has 110 valence electrons. The molecule has 0 amide bonds. The number of carboxylic acids is 1. The van der Waals surface area contributed by atoms with Crippen LogP contribution in [-0.4, -0.2) is 28.1 Å². The lowest BCUT2D eigenvalue weighted by Gasteiger charge is -2.27. The summed E-state index contributed by atoms with van der Waals surface area (Å²) in [5.41, 5.74) is 2.13. The molecule has 0 spiro atoms. The summed E-state index contributed by atoms with van der Waals surface area (Å²) in [5, 5.41) is 15.5. The van der Waals surface area contributed by atoms with E-state index in [1.807, 2.05) is 18.2 Å². The van der Waals surface area contributed by atoms with Crippen LogP contribution in [-0.2, 0) is 11.2 Å². The molecule has 4 nitrogen and oxygen atoms in total. The second-order valence-corrected chi connectivity index (χ2v) is 6.32. The third-order valence-electron chi connectivity index (χ3n) is 3.82. The molecule has 1 aliphatic heterocycles. The fraction of sp³-hybridized carbons (Fsp3) is 0.375. The Morgan fingerprint density at radius 1 is 1.33 bits per heavy atom. The number of thiazole rings is 1. The molecule has 21 heavy (non-hydrogen) atoms. The van der Waals surface area contributed by atoms with Crippen LogP contribution >= 0.6 is 11.3 Å². The van der Waals surface area contributed by atoms with Crippen molar-refractivity contribution < 1.29 is 9.90 Å². The summed E-state index contributed by atoms with van der Waals surface area (Å²) in [6.07, 6.45) is 3.51. The first kappa shape index (κ1) is 14.2. The minimum absolute atomic E-state index is 0.217. The molecule has 1 aromatic heterocycles. The monoisotopic (exact) mass is 302 g/mol. The first-order valence-electron chi connectivity index (χ1n) is 7.21. The van der Waals surface area contributed by atoms with Crippen molar-refractivity contribution in [3.63, 3.8) is 0 Å². The zero-order chi connectivity index (χ0) is 14.7. The Balaban J connectivity index is 1.66. The van der Waals surface area contributed by atoms with Crippen LogP contribution < -0.4 is 5.32 Å². The van der Waals surface area contributed by atoms with Crippen molar-refractivity contribution in [1.29, 1.82) is 0 Å². The maximum Gasteiger partial charge on any atom is 0.320 e. The summed E-state index contributed by atoms with van der Waals surface area (Å²) in [6.45, 7) is 0. The van der Waals surface area contributed by atoms with Crippen LogP contribution in [0.15, 0.2) is 35.7 Å². The van der Waals surface area contributed by atoms with Gasteiger partial charge in [0.05, 0.1) is 10.7 Å². The molecule has 0 radical (unpaired) electrons. The fourth-order valence-corrected chi connectivity index (χ4v) is 3.62. The third-order valence-corrected chi connectivity index (χ3v) is 4.69. The quantitative estimate of drug-likeness (QED) is 0.911. The van der Waals surface area contributed by atoms with E-state index in [-0.39, 0.29) is 6.04 Å². The van der Waals surface area contributed by atoms with Gasteiger partial charge in [0.2, 0.25) is 0 Å². The predicted molar refractivity (Wildman–Crippen MR) is 83.5 cm³/mol. The molecule has 0 bridgehead atoms. The number of hydrogen-bond acceptors (Lipinski definition) is 4. The first-order valence-corrected chi connectivity index (χ1v) is 8.09. The average Bonchev–Trinajstić information content (AvgIpc) is 2.97. The number of benzene rings is 1. The number of aromatic nitrogens is 1. The van der Waals surface area contributed by atoms with Gasteiger partial charge in [0.15, 0.2) is 0 Å². The lowest BCUT2D eigenvalue weighted by atomic mass is 9.97. The molecule has 2 N–H and O–H groups in total. The minimum atomic E-state index is -0.746. The zero-order valence-corrected chi connectivity index (χ0v) is 12.5. The van der Waals surface area contributed by atoms with Crippen molar-refractivity contribution in [3.05, 3.63) is 40.7 Å². The third kappa shape index (κ3) is 3.49. The number of nitrogens with zero attached hydrogens (tertiary/aromatic N) is 1. The van der Waals surface area contributed by atoms with Crippen molar-refractivity contribution in [2.45, 2.75) is 37.8 Å². The van der Waals surface area contributed by atoms with Crippen molar-refractivity contribution >= 4 is 17.3 Å². The number of nitrogens with one attached hydrogen (secondary N) is 1. The molecule has 2 atom stereocenters. The van der Waals surface area contributed by atoms with Gasteiger partial charge in [0.25, 0.3) is 0 Å². The van der Waals surface area contributed by atoms with Gasteiger partial charge in [-0.05, 0) is 19.3 Å². The average molecular weight is 302 g/mol. The standard InChI is InChI=1S/C16H18N2O2S/c19-16(20)13-8-4-7-12(17-13)9-15-18-14(10-21-15)11-5-2-1-3-6-11/h1-3,5-6,10,12-13,17H,4,7-9H2,(H,19,20). The molecular formula is C16H18N2O2S. The lowest BCUT2D eigenvalue weighted by molar-refractivity contribution is -0.140. The van der Waals surface area contributed by atoms with Gasteiger partial charge in [-0.15, -0.1) is 11.3 Å². The van der Waals surface area contributed by atoms with E-state index < -0.39 is 12.0 Å². The maximum atomic E-state index is 11.1. The normalized spacial score (nSPS) is 22.1. The molecule has 1 fully saturated rings. The molecule has 1 saturated heterocycles. The Labute approximate surface area is 127 Å². The van der Waals surface area contributed by atoms with Gasteiger partial charge in [-0.1, -0.05) is 30.3 Å². The highest BCUT2D eigenvalue weighted by Gasteiger charge is 2.26. The maximum absolute atomic E-state index is 11.1. The number of rotatable bonds is 4. The Morgan fingerprint density at radius 3 is 2.90 bits per heavy atom. The number of carbonyl (C=O) groups is 1. The van der Waals surface area contributed by atoms with Gasteiger partial charge in [-0.25, -0.2) is 4.98 Å². The van der Waals surface area contributed by atoms with Crippen LogP contribution in [0.25, 0.3) is 11.3 Å². The summed E-state index contributed by atoms with van der Waals surface area (Å²) in [7, 11) is 0. The molecule has 0 aliphatic carbocycles. The van der Waals surface area contributed by atoms with Gasteiger partial charge >= 0.3 is 5.97 Å². The highest BCUT2D eigenvalue weighted by Crippen LogP contribution is 2.24. The van der Waals surface area contributed by atoms with Gasteiger partial charge in [-0.2, -0.15) is 0 Å². The zero-order valence-electron chi connectivity index (χ0n) is 11.7. The van der Waals surface area contributed by atoms with Crippen molar-refractivity contribution in [3.8, 4) is 11.3 Å². The molecule has 1 aromatic carbocycles. The van der Waals surface area contributed by atoms with Crippen LogP contribution in [0, 0.1) is 0 Å². The largest absolute Gasteiger partial charge is 0.480 e. The van der Waals surface area contributed by atoms with Crippen molar-refractivity contribution in [1.82, 2.24) is 10.3 Å². The van der Waals surface area contributed by atoms with E-state index in [1.54, 1.807) is 11.3 Å². The van der Waals surface area contributed by atoms with E-state index in [4.69, 9.17) is 5.11 Å². The predicted octanol–water partition coefficient (Wildman–Crippen LogP) is 2.95. The molecule has 2 heterocycles. The minimum Gasteiger partial charge on any atom is -0.480 e. The first-order chi connectivity index (χ1) is 10.2. The Morgan fingerprint density at radius 2 is 2.14 bits per heavy atom. The van der Waals surface area contributed by atoms with Crippen LogP contribution in [0.2, 0.25) is 0 Å². The molecule has 5 heteroatoms. The van der Waals surface area contributed by atoms with Gasteiger partial charge < -0.3 is 10.4 Å². The van der Waals surface area contributed by atoms with Crippen molar-refractivity contribution in [2.75, 3.05) is 0 Å². The number of carboxylic acid groups (broad SMARTS) is 1. The lowest BCUT2D eigenvalue weighted by Crippen LogP contribution is -2.47. The highest BCUT2D eigenvalue weighted by molar-refractivity contribution is 7.09. The van der Waals surface area contributed by atoms with Crippen LogP contribution in [0.1, 0.15) is 24.3 Å². The molecule has 0 saturated carbocycles. The molecular weight excluding hydrogens is 284 g/mol. The summed E-state index contributed by atoms with van der Waals surface area (Å²) in [5.74, 6) is -0.746. The number of piperidine rings is 1.